The van der Waals surface area contributed by atoms with E-state index < -0.39 is 6.10 Å². The third-order valence-corrected chi connectivity index (χ3v) is 4.04. The van der Waals surface area contributed by atoms with Gasteiger partial charge in [0.05, 0.1) is 0 Å². The lowest BCUT2D eigenvalue weighted by atomic mass is 10.0. The van der Waals surface area contributed by atoms with Gasteiger partial charge in [-0.3, -0.25) is 4.79 Å². The standard InChI is InChI=1S/C20H23NO4/c1-13(2)15-4-7-17(8-5-15)25-14(3)20(22)21-16-6-9-18-19(12-16)24-11-10-23-18/h4-9,12-14H,10-11H2,1-3H3,(H,21,22). The molecule has 0 aliphatic carbocycles. The number of hydrogen-bond donors (Lipinski definition) is 1. The van der Waals surface area contributed by atoms with Gasteiger partial charge in [0.15, 0.2) is 17.6 Å². The van der Waals surface area contributed by atoms with Gasteiger partial charge in [0, 0.05) is 11.8 Å². The first kappa shape index (κ1) is 17.1. The quantitative estimate of drug-likeness (QED) is 0.893. The van der Waals surface area contributed by atoms with Crippen LogP contribution in [0.4, 0.5) is 5.69 Å². The van der Waals surface area contributed by atoms with E-state index in [2.05, 4.69) is 19.2 Å². The summed E-state index contributed by atoms with van der Waals surface area (Å²) in [5, 5.41) is 2.84. The number of hydrogen-bond acceptors (Lipinski definition) is 4. The number of carbonyl (C=O) groups is 1. The molecule has 1 unspecified atom stereocenters. The van der Waals surface area contributed by atoms with E-state index in [0.717, 1.165) is 0 Å². The van der Waals surface area contributed by atoms with Crippen molar-refractivity contribution < 1.29 is 19.0 Å². The summed E-state index contributed by atoms with van der Waals surface area (Å²) < 4.78 is 16.7. The van der Waals surface area contributed by atoms with Crippen LogP contribution in [-0.2, 0) is 4.79 Å². The molecule has 2 aromatic rings. The summed E-state index contributed by atoms with van der Waals surface area (Å²) in [6.45, 7) is 7.05. The van der Waals surface area contributed by atoms with Crippen LogP contribution in [0.25, 0.3) is 0 Å². The Morgan fingerprint density at radius 2 is 1.68 bits per heavy atom. The Morgan fingerprint density at radius 3 is 2.36 bits per heavy atom. The van der Waals surface area contributed by atoms with Crippen molar-refractivity contribution in [3.8, 4) is 17.2 Å². The molecular weight excluding hydrogens is 318 g/mol. The third-order valence-electron chi connectivity index (χ3n) is 4.04. The van der Waals surface area contributed by atoms with E-state index in [0.29, 0.717) is 42.1 Å². The molecular formula is C20H23NO4. The van der Waals surface area contributed by atoms with Crippen LogP contribution in [0.3, 0.4) is 0 Å². The van der Waals surface area contributed by atoms with Gasteiger partial charge in [-0.2, -0.15) is 0 Å². The maximum absolute atomic E-state index is 12.4. The number of carbonyl (C=O) groups excluding carboxylic acids is 1. The van der Waals surface area contributed by atoms with Gasteiger partial charge in [0.25, 0.3) is 5.91 Å². The van der Waals surface area contributed by atoms with E-state index in [1.54, 1.807) is 25.1 Å². The highest BCUT2D eigenvalue weighted by molar-refractivity contribution is 5.94. The molecule has 0 aromatic heterocycles. The van der Waals surface area contributed by atoms with Crippen LogP contribution in [0.15, 0.2) is 42.5 Å². The van der Waals surface area contributed by atoms with Gasteiger partial charge in [0.2, 0.25) is 0 Å². The van der Waals surface area contributed by atoms with E-state index in [1.807, 2.05) is 24.3 Å². The van der Waals surface area contributed by atoms with E-state index in [9.17, 15) is 4.79 Å². The minimum Gasteiger partial charge on any atom is -0.486 e. The highest BCUT2D eigenvalue weighted by Crippen LogP contribution is 2.32. The maximum atomic E-state index is 12.4. The van der Waals surface area contributed by atoms with Crippen LogP contribution in [0.5, 0.6) is 17.2 Å². The zero-order valence-corrected chi connectivity index (χ0v) is 14.7. The van der Waals surface area contributed by atoms with Crippen LogP contribution in [0.2, 0.25) is 0 Å². The Bertz CT molecular complexity index is 740. The van der Waals surface area contributed by atoms with Crippen molar-refractivity contribution in [1.82, 2.24) is 0 Å². The molecule has 25 heavy (non-hydrogen) atoms. The molecule has 0 fully saturated rings. The van der Waals surface area contributed by atoms with Crippen molar-refractivity contribution in [2.24, 2.45) is 0 Å². The summed E-state index contributed by atoms with van der Waals surface area (Å²) in [6.07, 6.45) is -0.613. The SMILES string of the molecule is CC(Oc1ccc(C(C)C)cc1)C(=O)Nc1ccc2c(c1)OCCO2. The molecule has 0 radical (unpaired) electrons. The van der Waals surface area contributed by atoms with Crippen LogP contribution in [0.1, 0.15) is 32.3 Å². The summed E-state index contributed by atoms with van der Waals surface area (Å²) in [5.74, 6) is 2.25. The van der Waals surface area contributed by atoms with Crippen LogP contribution >= 0.6 is 0 Å². The summed E-state index contributed by atoms with van der Waals surface area (Å²) in [7, 11) is 0. The molecule has 0 spiro atoms. The number of amides is 1. The molecule has 3 rings (SSSR count). The monoisotopic (exact) mass is 341 g/mol. The highest BCUT2D eigenvalue weighted by atomic mass is 16.6. The fourth-order valence-corrected chi connectivity index (χ4v) is 2.55. The lowest BCUT2D eigenvalue weighted by Crippen LogP contribution is -2.30. The Morgan fingerprint density at radius 1 is 1.00 bits per heavy atom. The molecule has 0 saturated carbocycles. The van der Waals surface area contributed by atoms with Crippen molar-refractivity contribution >= 4 is 11.6 Å². The molecule has 1 N–H and O–H groups in total. The minimum atomic E-state index is -0.613. The zero-order chi connectivity index (χ0) is 17.8. The molecule has 132 valence electrons. The smallest absolute Gasteiger partial charge is 0.265 e. The van der Waals surface area contributed by atoms with Crippen molar-refractivity contribution in [3.05, 3.63) is 48.0 Å². The number of fused-ring (bicyclic) bond motifs is 1. The van der Waals surface area contributed by atoms with E-state index in [1.165, 1.54) is 5.56 Å². The first-order valence-electron chi connectivity index (χ1n) is 8.50. The molecule has 5 heteroatoms. The predicted molar refractivity (Wildman–Crippen MR) is 96.7 cm³/mol. The second-order valence-corrected chi connectivity index (χ2v) is 6.33. The minimum absolute atomic E-state index is 0.218. The fraction of sp³-hybridized carbons (Fsp3) is 0.350. The molecule has 1 atom stereocenters. The second kappa shape index (κ2) is 7.47. The number of benzene rings is 2. The molecule has 0 saturated heterocycles. The summed E-state index contributed by atoms with van der Waals surface area (Å²) >= 11 is 0. The van der Waals surface area contributed by atoms with E-state index in [-0.39, 0.29) is 5.91 Å². The Labute approximate surface area is 147 Å². The van der Waals surface area contributed by atoms with Gasteiger partial charge in [-0.15, -0.1) is 0 Å². The Balaban J connectivity index is 1.60. The molecule has 2 aromatic carbocycles. The van der Waals surface area contributed by atoms with Crippen LogP contribution in [-0.4, -0.2) is 25.2 Å². The van der Waals surface area contributed by atoms with Crippen molar-refractivity contribution in [3.63, 3.8) is 0 Å². The first-order valence-corrected chi connectivity index (χ1v) is 8.50. The van der Waals surface area contributed by atoms with Gasteiger partial charge in [-0.1, -0.05) is 26.0 Å². The van der Waals surface area contributed by atoms with Gasteiger partial charge in [-0.05, 0) is 42.7 Å². The molecule has 1 amide bonds. The summed E-state index contributed by atoms with van der Waals surface area (Å²) in [5.41, 5.74) is 1.89. The van der Waals surface area contributed by atoms with Gasteiger partial charge in [-0.25, -0.2) is 0 Å². The predicted octanol–water partition coefficient (Wildman–Crippen LogP) is 3.99. The van der Waals surface area contributed by atoms with Crippen LogP contribution < -0.4 is 19.5 Å². The summed E-state index contributed by atoms with van der Waals surface area (Å²) in [6, 6.07) is 13.2. The maximum Gasteiger partial charge on any atom is 0.265 e. The number of nitrogens with one attached hydrogen (secondary N) is 1. The lowest BCUT2D eigenvalue weighted by Gasteiger charge is -2.20. The zero-order valence-electron chi connectivity index (χ0n) is 14.7. The van der Waals surface area contributed by atoms with Gasteiger partial charge in [0.1, 0.15) is 19.0 Å². The molecule has 5 nitrogen and oxygen atoms in total. The number of anilines is 1. The average molecular weight is 341 g/mol. The largest absolute Gasteiger partial charge is 0.486 e. The number of ether oxygens (including phenoxy) is 3. The lowest BCUT2D eigenvalue weighted by molar-refractivity contribution is -0.122. The van der Waals surface area contributed by atoms with E-state index >= 15 is 0 Å². The third kappa shape index (κ3) is 4.24. The Kier molecular flexibility index (Phi) is 5.12. The second-order valence-electron chi connectivity index (χ2n) is 6.33. The van der Waals surface area contributed by atoms with Crippen LogP contribution in [0, 0.1) is 0 Å². The molecule has 1 aliphatic rings. The van der Waals surface area contributed by atoms with Gasteiger partial charge >= 0.3 is 0 Å². The van der Waals surface area contributed by atoms with Crippen molar-refractivity contribution in [2.75, 3.05) is 18.5 Å². The fourth-order valence-electron chi connectivity index (χ4n) is 2.55. The average Bonchev–Trinajstić information content (AvgIpc) is 2.62. The highest BCUT2D eigenvalue weighted by Gasteiger charge is 2.17. The van der Waals surface area contributed by atoms with E-state index in [4.69, 9.17) is 14.2 Å². The molecule has 1 heterocycles. The normalized spacial score (nSPS) is 14.1. The molecule has 0 bridgehead atoms. The first-order chi connectivity index (χ1) is 12.0. The van der Waals surface area contributed by atoms with Gasteiger partial charge < -0.3 is 19.5 Å². The Hall–Kier alpha value is -2.69. The molecule has 1 aliphatic heterocycles. The van der Waals surface area contributed by atoms with Crippen molar-refractivity contribution in [2.45, 2.75) is 32.8 Å². The summed E-state index contributed by atoms with van der Waals surface area (Å²) in [4.78, 5) is 12.4. The topological polar surface area (TPSA) is 56.8 Å². The number of rotatable bonds is 5. The van der Waals surface area contributed by atoms with Crippen molar-refractivity contribution in [1.29, 1.82) is 0 Å².